The third-order valence-electron chi connectivity index (χ3n) is 6.61. The van der Waals surface area contributed by atoms with Crippen molar-refractivity contribution in [3.05, 3.63) is 22.7 Å². The summed E-state index contributed by atoms with van der Waals surface area (Å²) in [5.41, 5.74) is 6.67. The SMILES string of the molecule is CNCCCN1CCC(CN2CCC(NC(=O)c3cc(Cl)c(N)cc3OC)CC2)CC1. The van der Waals surface area contributed by atoms with Gasteiger partial charge in [-0.2, -0.15) is 0 Å². The fourth-order valence-electron chi connectivity index (χ4n) is 4.68. The Morgan fingerprint density at radius 3 is 2.48 bits per heavy atom. The second kappa shape index (κ2) is 11.9. The zero-order chi connectivity index (χ0) is 22.2. The first-order chi connectivity index (χ1) is 15.0. The van der Waals surface area contributed by atoms with Gasteiger partial charge in [0.25, 0.3) is 5.91 Å². The molecule has 0 aliphatic carbocycles. The van der Waals surface area contributed by atoms with E-state index in [1.165, 1.54) is 52.6 Å². The first kappa shape index (κ1) is 24.1. The van der Waals surface area contributed by atoms with Gasteiger partial charge in [0, 0.05) is 31.7 Å². The third kappa shape index (κ3) is 6.97. The maximum atomic E-state index is 12.8. The van der Waals surface area contributed by atoms with E-state index in [0.717, 1.165) is 38.4 Å². The number of hydrogen-bond donors (Lipinski definition) is 3. The van der Waals surface area contributed by atoms with Gasteiger partial charge in [0.2, 0.25) is 0 Å². The third-order valence-corrected chi connectivity index (χ3v) is 6.94. The molecule has 7 nitrogen and oxygen atoms in total. The molecule has 1 aromatic carbocycles. The molecular weight excluding hydrogens is 414 g/mol. The number of rotatable bonds is 9. The zero-order valence-corrected chi connectivity index (χ0v) is 19.7. The van der Waals surface area contributed by atoms with Crippen molar-refractivity contribution < 1.29 is 9.53 Å². The van der Waals surface area contributed by atoms with Gasteiger partial charge in [0.05, 0.1) is 23.4 Å². The molecular formula is C23H38ClN5O2. The van der Waals surface area contributed by atoms with Crippen LogP contribution in [0.5, 0.6) is 5.75 Å². The van der Waals surface area contributed by atoms with Crippen LogP contribution < -0.4 is 21.1 Å². The summed E-state index contributed by atoms with van der Waals surface area (Å²) in [6.45, 7) is 8.03. The van der Waals surface area contributed by atoms with E-state index >= 15 is 0 Å². The molecule has 0 atom stereocenters. The van der Waals surface area contributed by atoms with Crippen LogP contribution >= 0.6 is 11.6 Å². The molecule has 0 unspecified atom stereocenters. The second-order valence-electron chi connectivity index (χ2n) is 8.86. The number of carbonyl (C=O) groups excluding carboxylic acids is 1. The number of halogens is 1. The first-order valence-electron chi connectivity index (χ1n) is 11.5. The Morgan fingerprint density at radius 1 is 1.16 bits per heavy atom. The number of anilines is 1. The molecule has 8 heteroatoms. The maximum Gasteiger partial charge on any atom is 0.255 e. The molecule has 1 amide bonds. The van der Waals surface area contributed by atoms with Crippen molar-refractivity contribution in [1.29, 1.82) is 0 Å². The predicted molar refractivity (Wildman–Crippen MR) is 127 cm³/mol. The van der Waals surface area contributed by atoms with E-state index in [1.807, 2.05) is 7.05 Å². The number of hydrogen-bond acceptors (Lipinski definition) is 6. The van der Waals surface area contributed by atoms with Crippen LogP contribution in [0.1, 0.15) is 42.5 Å². The fraction of sp³-hybridized carbons (Fsp3) is 0.696. The largest absolute Gasteiger partial charge is 0.496 e. The van der Waals surface area contributed by atoms with E-state index in [1.54, 1.807) is 12.1 Å². The van der Waals surface area contributed by atoms with Crippen molar-refractivity contribution in [1.82, 2.24) is 20.4 Å². The fourth-order valence-corrected chi connectivity index (χ4v) is 4.84. The molecule has 0 saturated carbocycles. The van der Waals surface area contributed by atoms with Crippen LogP contribution in [0.15, 0.2) is 12.1 Å². The van der Waals surface area contributed by atoms with Gasteiger partial charge in [-0.05, 0) is 77.3 Å². The maximum absolute atomic E-state index is 12.8. The summed E-state index contributed by atoms with van der Waals surface area (Å²) in [7, 11) is 3.55. The number of benzene rings is 1. The number of nitrogens with two attached hydrogens (primary N) is 1. The van der Waals surface area contributed by atoms with Crippen molar-refractivity contribution in [2.75, 3.05) is 65.7 Å². The van der Waals surface area contributed by atoms with Crippen molar-refractivity contribution >= 4 is 23.2 Å². The van der Waals surface area contributed by atoms with E-state index < -0.39 is 0 Å². The van der Waals surface area contributed by atoms with Crippen LogP contribution in [0.3, 0.4) is 0 Å². The Labute approximate surface area is 191 Å². The number of amides is 1. The van der Waals surface area contributed by atoms with Crippen molar-refractivity contribution in [2.45, 2.75) is 38.1 Å². The molecule has 2 heterocycles. The summed E-state index contributed by atoms with van der Waals surface area (Å²) in [6.07, 6.45) is 5.77. The summed E-state index contributed by atoms with van der Waals surface area (Å²) in [6, 6.07) is 3.37. The quantitative estimate of drug-likeness (QED) is 0.395. The molecule has 2 fully saturated rings. The van der Waals surface area contributed by atoms with E-state index in [4.69, 9.17) is 22.1 Å². The highest BCUT2D eigenvalue weighted by Crippen LogP contribution is 2.29. The number of likely N-dealkylation sites (tertiary alicyclic amines) is 2. The van der Waals surface area contributed by atoms with Gasteiger partial charge < -0.3 is 30.9 Å². The minimum atomic E-state index is -0.150. The number of nitrogens with zero attached hydrogens (tertiary/aromatic N) is 2. The van der Waals surface area contributed by atoms with Gasteiger partial charge in [-0.25, -0.2) is 0 Å². The van der Waals surface area contributed by atoms with Gasteiger partial charge in [0.15, 0.2) is 0 Å². The van der Waals surface area contributed by atoms with Gasteiger partial charge in [-0.15, -0.1) is 0 Å². The van der Waals surface area contributed by atoms with Crippen LogP contribution in [-0.4, -0.2) is 81.7 Å². The molecule has 2 saturated heterocycles. The molecule has 0 aromatic heterocycles. The highest BCUT2D eigenvalue weighted by atomic mass is 35.5. The molecule has 2 aliphatic rings. The van der Waals surface area contributed by atoms with Crippen molar-refractivity contribution in [2.24, 2.45) is 5.92 Å². The number of piperidine rings is 2. The number of carbonyl (C=O) groups is 1. The van der Waals surface area contributed by atoms with Crippen LogP contribution in [0, 0.1) is 5.92 Å². The lowest BCUT2D eigenvalue weighted by molar-refractivity contribution is 0.0888. The minimum absolute atomic E-state index is 0.150. The second-order valence-corrected chi connectivity index (χ2v) is 9.27. The normalized spacial score (nSPS) is 19.5. The molecule has 0 bridgehead atoms. The first-order valence-corrected chi connectivity index (χ1v) is 11.9. The monoisotopic (exact) mass is 451 g/mol. The topological polar surface area (TPSA) is 82.9 Å². The van der Waals surface area contributed by atoms with Gasteiger partial charge >= 0.3 is 0 Å². The minimum Gasteiger partial charge on any atom is -0.496 e. The van der Waals surface area contributed by atoms with Gasteiger partial charge in [0.1, 0.15) is 5.75 Å². The summed E-state index contributed by atoms with van der Waals surface area (Å²) >= 11 is 6.11. The predicted octanol–water partition coefficient (Wildman–Crippen LogP) is 2.45. The van der Waals surface area contributed by atoms with Crippen LogP contribution in [0.25, 0.3) is 0 Å². The highest BCUT2D eigenvalue weighted by Gasteiger charge is 2.26. The van der Waals surface area contributed by atoms with E-state index in [0.29, 0.717) is 22.0 Å². The number of nitrogens with one attached hydrogen (secondary N) is 2. The van der Waals surface area contributed by atoms with Crippen molar-refractivity contribution in [3.8, 4) is 5.75 Å². The molecule has 4 N–H and O–H groups in total. The van der Waals surface area contributed by atoms with Crippen LogP contribution in [-0.2, 0) is 0 Å². The van der Waals surface area contributed by atoms with Crippen LogP contribution in [0.4, 0.5) is 5.69 Å². The summed E-state index contributed by atoms with van der Waals surface area (Å²) in [5, 5.41) is 6.75. The molecule has 174 valence electrons. The van der Waals surface area contributed by atoms with Gasteiger partial charge in [-0.3, -0.25) is 4.79 Å². The Bertz CT molecular complexity index is 716. The Hall–Kier alpha value is -1.54. The standard InChI is InChI=1S/C23H38ClN5O2/c1-26-8-3-9-28-10-4-17(5-11-28)16-29-12-6-18(7-13-29)27-23(30)19-14-20(24)21(25)15-22(19)31-2/h14-15,17-18,26H,3-13,16,25H2,1-2H3,(H,27,30). The summed E-state index contributed by atoms with van der Waals surface area (Å²) in [4.78, 5) is 17.9. The Morgan fingerprint density at radius 2 is 1.84 bits per heavy atom. The average molecular weight is 452 g/mol. The molecule has 2 aliphatic heterocycles. The van der Waals surface area contributed by atoms with Crippen molar-refractivity contribution in [3.63, 3.8) is 0 Å². The molecule has 31 heavy (non-hydrogen) atoms. The summed E-state index contributed by atoms with van der Waals surface area (Å²) in [5.74, 6) is 1.10. The van der Waals surface area contributed by atoms with E-state index in [-0.39, 0.29) is 11.9 Å². The van der Waals surface area contributed by atoms with Gasteiger partial charge in [-0.1, -0.05) is 11.6 Å². The average Bonchev–Trinajstić information content (AvgIpc) is 2.78. The molecule has 1 aromatic rings. The molecule has 0 spiro atoms. The van der Waals surface area contributed by atoms with Crippen LogP contribution in [0.2, 0.25) is 5.02 Å². The molecule has 3 rings (SSSR count). The Balaban J connectivity index is 1.39. The zero-order valence-electron chi connectivity index (χ0n) is 19.0. The smallest absolute Gasteiger partial charge is 0.255 e. The number of nitrogen functional groups attached to an aromatic ring is 1. The lowest BCUT2D eigenvalue weighted by atomic mass is 9.94. The van der Waals surface area contributed by atoms with E-state index in [9.17, 15) is 4.79 Å². The lowest BCUT2D eigenvalue weighted by Crippen LogP contribution is -2.47. The molecule has 0 radical (unpaired) electrons. The van der Waals surface area contributed by atoms with E-state index in [2.05, 4.69) is 20.4 Å². The Kier molecular flexibility index (Phi) is 9.26. The highest BCUT2D eigenvalue weighted by molar-refractivity contribution is 6.33. The summed E-state index contributed by atoms with van der Waals surface area (Å²) < 4.78 is 5.31. The lowest BCUT2D eigenvalue weighted by Gasteiger charge is -2.38. The number of ether oxygens (including phenoxy) is 1. The number of methoxy groups -OCH3 is 1.